The molecule has 0 bridgehead atoms. The van der Waals surface area contributed by atoms with E-state index in [0.717, 1.165) is 5.03 Å². The molecule has 0 aromatic carbocycles. The molecule has 2 heterocycles. The Morgan fingerprint density at radius 3 is 2.94 bits per heavy atom. The fourth-order valence-corrected chi connectivity index (χ4v) is 2.07. The molecule has 0 spiro atoms. The third kappa shape index (κ3) is 2.45. The number of hydrogen-bond donors (Lipinski definition) is 2. The van der Waals surface area contributed by atoms with Crippen molar-refractivity contribution in [2.75, 3.05) is 24.2 Å². The molecule has 2 N–H and O–H groups in total. The van der Waals surface area contributed by atoms with E-state index in [1.54, 1.807) is 18.0 Å². The maximum atomic E-state index is 9.58. The summed E-state index contributed by atoms with van der Waals surface area (Å²) in [6, 6.07) is 1.85. The van der Waals surface area contributed by atoms with Gasteiger partial charge in [-0.15, -0.1) is 11.8 Å². The molecule has 2 atom stereocenters. The molecule has 1 aromatic rings. The topological polar surface area (TPSA) is 69.5 Å². The van der Waals surface area contributed by atoms with E-state index >= 15 is 0 Å². The maximum absolute atomic E-state index is 9.58. The molecule has 0 aliphatic carbocycles. The highest BCUT2D eigenvalue weighted by molar-refractivity contribution is 7.98. The van der Waals surface area contributed by atoms with Crippen molar-refractivity contribution in [1.29, 1.82) is 0 Å². The molecule has 5 nitrogen and oxygen atoms in total. The maximum Gasteiger partial charge on any atom is 0.226 e. The van der Waals surface area contributed by atoms with Crippen LogP contribution in [0.2, 0.25) is 0 Å². The third-order valence-corrected chi connectivity index (χ3v) is 3.30. The summed E-state index contributed by atoms with van der Waals surface area (Å²) in [6.07, 6.45) is 2.89. The molecule has 6 heteroatoms. The number of aliphatic hydroxyl groups excluding tert-OH is 2. The van der Waals surface area contributed by atoms with E-state index in [0.29, 0.717) is 25.5 Å². The van der Waals surface area contributed by atoms with Crippen molar-refractivity contribution in [3.05, 3.63) is 12.3 Å². The first-order valence-corrected chi connectivity index (χ1v) is 6.41. The van der Waals surface area contributed by atoms with Gasteiger partial charge in [-0.3, -0.25) is 0 Å². The van der Waals surface area contributed by atoms with Crippen LogP contribution >= 0.6 is 11.8 Å². The van der Waals surface area contributed by atoms with Gasteiger partial charge in [0.05, 0.1) is 12.2 Å². The Labute approximate surface area is 98.5 Å². The number of rotatable bonds is 2. The zero-order valence-corrected chi connectivity index (χ0v) is 9.89. The quantitative estimate of drug-likeness (QED) is 0.566. The Hall–Kier alpha value is -0.850. The molecule has 1 saturated heterocycles. The normalized spacial score (nSPS) is 25.8. The second kappa shape index (κ2) is 4.99. The van der Waals surface area contributed by atoms with E-state index in [2.05, 4.69) is 9.97 Å². The largest absolute Gasteiger partial charge is 0.390 e. The molecular formula is C10H15N3O2S. The summed E-state index contributed by atoms with van der Waals surface area (Å²) in [4.78, 5) is 10.4. The summed E-state index contributed by atoms with van der Waals surface area (Å²) in [7, 11) is 0. The van der Waals surface area contributed by atoms with E-state index in [-0.39, 0.29) is 0 Å². The van der Waals surface area contributed by atoms with E-state index in [1.807, 2.05) is 17.2 Å². The van der Waals surface area contributed by atoms with Gasteiger partial charge in [-0.2, -0.15) is 0 Å². The second-order valence-corrected chi connectivity index (χ2v) is 4.59. The summed E-state index contributed by atoms with van der Waals surface area (Å²) >= 11 is 1.56. The van der Waals surface area contributed by atoms with Gasteiger partial charge >= 0.3 is 0 Å². The monoisotopic (exact) mass is 241 g/mol. The highest BCUT2D eigenvalue weighted by Crippen LogP contribution is 2.19. The highest BCUT2D eigenvalue weighted by Gasteiger charge is 2.27. The zero-order valence-electron chi connectivity index (χ0n) is 9.08. The standard InChI is InChI=1S/C10H15N3O2S/c1-16-9-2-4-11-10(12-9)13-5-3-7(14)8(15)6-13/h2,4,7-8,14-15H,3,5-6H2,1H3/t7-,8-/m0/s1. The van der Waals surface area contributed by atoms with Crippen molar-refractivity contribution >= 4 is 17.7 Å². The van der Waals surface area contributed by atoms with Crippen LogP contribution < -0.4 is 4.90 Å². The average molecular weight is 241 g/mol. The van der Waals surface area contributed by atoms with Crippen LogP contribution in [0.1, 0.15) is 6.42 Å². The Bertz CT molecular complexity index is 364. The first kappa shape index (κ1) is 11.6. The van der Waals surface area contributed by atoms with Crippen LogP contribution in [0.25, 0.3) is 0 Å². The van der Waals surface area contributed by atoms with Crippen LogP contribution in [0.15, 0.2) is 17.3 Å². The Balaban J connectivity index is 2.12. The molecule has 16 heavy (non-hydrogen) atoms. The minimum absolute atomic E-state index is 0.388. The predicted molar refractivity (Wildman–Crippen MR) is 62.7 cm³/mol. The van der Waals surface area contributed by atoms with E-state index in [1.165, 1.54) is 0 Å². The zero-order chi connectivity index (χ0) is 11.5. The van der Waals surface area contributed by atoms with Crippen LogP contribution in [0.4, 0.5) is 5.95 Å². The molecule has 1 aliphatic rings. The number of piperidine rings is 1. The minimum atomic E-state index is -0.713. The average Bonchev–Trinajstić information content (AvgIpc) is 2.33. The number of hydrogen-bond acceptors (Lipinski definition) is 6. The van der Waals surface area contributed by atoms with Crippen LogP contribution in [0.5, 0.6) is 0 Å². The van der Waals surface area contributed by atoms with Crippen molar-refractivity contribution in [2.24, 2.45) is 0 Å². The summed E-state index contributed by atoms with van der Waals surface area (Å²) < 4.78 is 0. The molecule has 0 unspecified atom stereocenters. The lowest BCUT2D eigenvalue weighted by molar-refractivity contribution is 0.00766. The van der Waals surface area contributed by atoms with Gasteiger partial charge in [0.15, 0.2) is 0 Å². The Kier molecular flexibility index (Phi) is 3.63. The van der Waals surface area contributed by atoms with E-state index < -0.39 is 12.2 Å². The molecule has 0 saturated carbocycles. The highest BCUT2D eigenvalue weighted by atomic mass is 32.2. The summed E-state index contributed by atoms with van der Waals surface area (Å²) in [5.74, 6) is 0.623. The van der Waals surface area contributed by atoms with Gasteiger partial charge in [-0.1, -0.05) is 0 Å². The minimum Gasteiger partial charge on any atom is -0.390 e. The second-order valence-electron chi connectivity index (χ2n) is 3.77. The SMILES string of the molecule is CSc1ccnc(N2CC[C@H](O)[C@@H](O)C2)n1. The lowest BCUT2D eigenvalue weighted by Crippen LogP contribution is -2.47. The van der Waals surface area contributed by atoms with Crippen LogP contribution in [0.3, 0.4) is 0 Å². The van der Waals surface area contributed by atoms with Crippen molar-refractivity contribution in [3.8, 4) is 0 Å². The van der Waals surface area contributed by atoms with Crippen molar-refractivity contribution in [3.63, 3.8) is 0 Å². The van der Waals surface area contributed by atoms with Gasteiger partial charge in [-0.25, -0.2) is 9.97 Å². The predicted octanol–water partition coefficient (Wildman–Crippen LogP) is 0.130. The van der Waals surface area contributed by atoms with Crippen molar-refractivity contribution < 1.29 is 10.2 Å². The van der Waals surface area contributed by atoms with Crippen LogP contribution in [0, 0.1) is 0 Å². The lowest BCUT2D eigenvalue weighted by Gasteiger charge is -2.33. The van der Waals surface area contributed by atoms with Crippen molar-refractivity contribution in [2.45, 2.75) is 23.7 Å². The van der Waals surface area contributed by atoms with Gasteiger partial charge in [0.2, 0.25) is 5.95 Å². The number of aliphatic hydroxyl groups is 2. The molecule has 1 aromatic heterocycles. The number of thioether (sulfide) groups is 1. The summed E-state index contributed by atoms with van der Waals surface area (Å²) in [6.45, 7) is 1.06. The number of aromatic nitrogens is 2. The molecule has 1 fully saturated rings. The summed E-state index contributed by atoms with van der Waals surface area (Å²) in [5, 5.41) is 19.9. The smallest absolute Gasteiger partial charge is 0.226 e. The number of nitrogens with zero attached hydrogens (tertiary/aromatic N) is 3. The Morgan fingerprint density at radius 1 is 1.44 bits per heavy atom. The van der Waals surface area contributed by atoms with Gasteiger partial charge < -0.3 is 15.1 Å². The van der Waals surface area contributed by atoms with Gasteiger partial charge in [0.1, 0.15) is 5.03 Å². The first-order chi connectivity index (χ1) is 7.70. The first-order valence-electron chi connectivity index (χ1n) is 5.19. The lowest BCUT2D eigenvalue weighted by atomic mass is 10.1. The number of anilines is 1. The van der Waals surface area contributed by atoms with Crippen LogP contribution in [-0.4, -0.2) is 51.7 Å². The van der Waals surface area contributed by atoms with Gasteiger partial charge in [-0.05, 0) is 18.7 Å². The molecule has 2 rings (SSSR count). The fraction of sp³-hybridized carbons (Fsp3) is 0.600. The van der Waals surface area contributed by atoms with Gasteiger partial charge in [0, 0.05) is 19.3 Å². The van der Waals surface area contributed by atoms with Gasteiger partial charge in [0.25, 0.3) is 0 Å². The molecule has 0 radical (unpaired) electrons. The number of β-amino-alcohol motifs (C(OH)–C–C–N with tert-alkyl or cyclic N) is 1. The molecular weight excluding hydrogens is 226 g/mol. The Morgan fingerprint density at radius 2 is 2.25 bits per heavy atom. The van der Waals surface area contributed by atoms with Crippen molar-refractivity contribution in [1.82, 2.24) is 9.97 Å². The molecule has 0 amide bonds. The third-order valence-electron chi connectivity index (χ3n) is 2.66. The van der Waals surface area contributed by atoms with Crippen LogP contribution in [-0.2, 0) is 0 Å². The fourth-order valence-electron chi connectivity index (χ4n) is 1.70. The summed E-state index contributed by atoms with van der Waals surface area (Å²) in [5.41, 5.74) is 0. The molecule has 88 valence electrons. The van der Waals surface area contributed by atoms with E-state index in [9.17, 15) is 10.2 Å². The molecule has 1 aliphatic heterocycles. The van der Waals surface area contributed by atoms with E-state index in [4.69, 9.17) is 0 Å².